The minimum atomic E-state index is -4.43. The van der Waals surface area contributed by atoms with Crippen molar-refractivity contribution >= 4 is 32.1 Å². The van der Waals surface area contributed by atoms with Crippen molar-refractivity contribution < 1.29 is 18.1 Å². The van der Waals surface area contributed by atoms with Gasteiger partial charge in [-0.25, -0.2) is 4.31 Å². The van der Waals surface area contributed by atoms with Crippen LogP contribution in [0.1, 0.15) is 49.8 Å². The van der Waals surface area contributed by atoms with Gasteiger partial charge in [-0.05, 0) is 43.5 Å². The maximum absolute atomic E-state index is 12.3. The minimum Gasteiger partial charge on any atom is -0.508 e. The third-order valence-corrected chi connectivity index (χ3v) is 7.87. The summed E-state index contributed by atoms with van der Waals surface area (Å²) in [5, 5.41) is 10.4. The number of rotatable bonds is 7. The number of fused-ring (bicyclic) bond motifs is 1. The van der Waals surface area contributed by atoms with E-state index in [-0.39, 0.29) is 30.4 Å². The quantitative estimate of drug-likeness (QED) is 0.521. The first-order valence-corrected chi connectivity index (χ1v) is 13.0. The third kappa shape index (κ3) is 5.01. The summed E-state index contributed by atoms with van der Waals surface area (Å²) in [6, 6.07) is 14.7. The van der Waals surface area contributed by atoms with Gasteiger partial charge in [-0.3, -0.25) is 14.4 Å². The first-order valence-electron chi connectivity index (χ1n) is 10.8. The lowest BCUT2D eigenvalue weighted by atomic mass is 9.92. The monoisotopic (exact) mass is 521 g/mol. The molecule has 2 aromatic carbocycles. The van der Waals surface area contributed by atoms with E-state index in [0.29, 0.717) is 18.8 Å². The van der Waals surface area contributed by atoms with E-state index in [9.17, 15) is 18.1 Å². The number of hydrogen-bond donors (Lipinski definition) is 2. The first-order chi connectivity index (χ1) is 15.2. The Kier molecular flexibility index (Phi) is 6.90. The molecule has 0 saturated heterocycles. The Labute approximate surface area is 197 Å². The van der Waals surface area contributed by atoms with Crippen LogP contribution in [0.4, 0.5) is 0 Å². The molecule has 1 fully saturated rings. The van der Waals surface area contributed by atoms with Crippen molar-refractivity contribution in [1.82, 2.24) is 9.21 Å². The SMILES string of the molecule is C[C@H](c1ccccc1)N(CC1=N[C@@H]2CCCC[C@H]2N1S(=O)(=O)O)Cc1cc(Br)ccc1O. The van der Waals surface area contributed by atoms with Crippen LogP contribution in [0.5, 0.6) is 5.75 Å². The number of phenolic OH excluding ortho intramolecular Hbond substituents is 1. The smallest absolute Gasteiger partial charge is 0.361 e. The highest BCUT2D eigenvalue weighted by molar-refractivity contribution is 9.10. The fraction of sp³-hybridized carbons (Fsp3) is 0.435. The van der Waals surface area contributed by atoms with Crippen molar-refractivity contribution in [1.29, 1.82) is 0 Å². The maximum Gasteiger partial charge on any atom is 0.361 e. The van der Waals surface area contributed by atoms with E-state index in [2.05, 4.69) is 20.8 Å². The molecule has 0 bridgehead atoms. The van der Waals surface area contributed by atoms with E-state index in [4.69, 9.17) is 4.99 Å². The molecule has 7 nitrogen and oxygen atoms in total. The molecule has 1 aliphatic carbocycles. The molecule has 0 spiro atoms. The van der Waals surface area contributed by atoms with E-state index in [1.807, 2.05) is 43.3 Å². The Morgan fingerprint density at radius 3 is 2.59 bits per heavy atom. The molecule has 2 aliphatic rings. The van der Waals surface area contributed by atoms with Gasteiger partial charge in [0.15, 0.2) is 0 Å². The molecular formula is C23H28BrN3O4S. The molecule has 0 radical (unpaired) electrons. The molecule has 9 heteroatoms. The van der Waals surface area contributed by atoms with Crippen molar-refractivity contribution in [2.45, 2.75) is 57.3 Å². The van der Waals surface area contributed by atoms with E-state index in [1.165, 1.54) is 0 Å². The average molecular weight is 522 g/mol. The molecule has 4 rings (SSSR count). The predicted molar refractivity (Wildman–Crippen MR) is 128 cm³/mol. The number of aromatic hydroxyl groups is 1. The maximum atomic E-state index is 12.3. The van der Waals surface area contributed by atoms with Crippen LogP contribution in [-0.4, -0.2) is 51.7 Å². The van der Waals surface area contributed by atoms with Gasteiger partial charge < -0.3 is 5.11 Å². The van der Waals surface area contributed by atoms with Crippen molar-refractivity contribution in [2.24, 2.45) is 4.99 Å². The molecule has 32 heavy (non-hydrogen) atoms. The highest BCUT2D eigenvalue weighted by Crippen LogP contribution is 2.34. The summed E-state index contributed by atoms with van der Waals surface area (Å²) in [5.74, 6) is 0.536. The lowest BCUT2D eigenvalue weighted by Gasteiger charge is -2.33. The number of halogens is 1. The van der Waals surface area contributed by atoms with Gasteiger partial charge in [0.05, 0.1) is 18.6 Å². The number of hydrogen-bond acceptors (Lipinski definition) is 5. The van der Waals surface area contributed by atoms with E-state index in [1.54, 1.807) is 12.1 Å². The summed E-state index contributed by atoms with van der Waals surface area (Å²) >= 11 is 3.46. The molecule has 2 N–H and O–H groups in total. The number of nitrogens with zero attached hydrogens (tertiary/aromatic N) is 3. The number of phenols is 1. The van der Waals surface area contributed by atoms with E-state index in [0.717, 1.165) is 39.2 Å². The zero-order valence-corrected chi connectivity index (χ0v) is 20.3. The fourth-order valence-electron chi connectivity index (χ4n) is 4.72. The van der Waals surface area contributed by atoms with Gasteiger partial charge in [0.25, 0.3) is 0 Å². The Hall–Kier alpha value is -1.94. The average Bonchev–Trinajstić information content (AvgIpc) is 3.14. The molecule has 1 heterocycles. The standard InChI is InChI=1S/C23H28BrN3O4S/c1-16(17-7-3-2-4-8-17)26(14-18-13-19(24)11-12-22(18)28)15-23-25-20-9-5-6-10-21(20)27(23)32(29,30)31/h2-4,7-8,11-13,16,20-21,28H,5-6,9-10,14-15H2,1H3,(H,29,30,31)/t16-,20-,21-/m1/s1. The minimum absolute atomic E-state index is 0.0804. The zero-order valence-electron chi connectivity index (χ0n) is 17.9. The second-order valence-corrected chi connectivity index (χ2v) is 10.7. The van der Waals surface area contributed by atoms with Gasteiger partial charge in [-0.1, -0.05) is 59.1 Å². The summed E-state index contributed by atoms with van der Waals surface area (Å²) < 4.78 is 36.6. The van der Waals surface area contributed by atoms with Crippen LogP contribution in [0, 0.1) is 0 Å². The first kappa shape index (κ1) is 23.2. The second-order valence-electron chi connectivity index (χ2n) is 8.50. The number of amidine groups is 1. The van der Waals surface area contributed by atoms with Crippen LogP contribution in [0.3, 0.4) is 0 Å². The summed E-state index contributed by atoms with van der Waals surface area (Å²) in [4.78, 5) is 6.82. The summed E-state index contributed by atoms with van der Waals surface area (Å²) in [7, 11) is -4.43. The second kappa shape index (κ2) is 9.51. The Bertz CT molecular complexity index is 1090. The third-order valence-electron chi connectivity index (χ3n) is 6.40. The van der Waals surface area contributed by atoms with Crippen molar-refractivity contribution in [3.8, 4) is 5.75 Å². The van der Waals surface area contributed by atoms with Crippen LogP contribution >= 0.6 is 15.9 Å². The van der Waals surface area contributed by atoms with Crippen LogP contribution < -0.4 is 0 Å². The summed E-state index contributed by atoms with van der Waals surface area (Å²) in [5.41, 5.74) is 1.79. The Balaban J connectivity index is 1.68. The topological polar surface area (TPSA) is 93.4 Å². The van der Waals surface area contributed by atoms with Crippen molar-refractivity contribution in [3.63, 3.8) is 0 Å². The highest BCUT2D eigenvalue weighted by Gasteiger charge is 2.44. The molecule has 2 aromatic rings. The van der Waals surface area contributed by atoms with Crippen LogP contribution in [-0.2, 0) is 16.8 Å². The molecular weight excluding hydrogens is 494 g/mol. The van der Waals surface area contributed by atoms with Gasteiger partial charge in [0.2, 0.25) is 0 Å². The van der Waals surface area contributed by atoms with Crippen LogP contribution in [0.2, 0.25) is 0 Å². The Morgan fingerprint density at radius 1 is 1.16 bits per heavy atom. The Morgan fingerprint density at radius 2 is 1.88 bits per heavy atom. The van der Waals surface area contributed by atoms with Crippen LogP contribution in [0.25, 0.3) is 0 Å². The highest BCUT2D eigenvalue weighted by atomic mass is 79.9. The lowest BCUT2D eigenvalue weighted by Crippen LogP contribution is -2.48. The normalized spacial score (nSPS) is 22.0. The molecule has 0 amide bonds. The molecule has 1 saturated carbocycles. The van der Waals surface area contributed by atoms with E-state index >= 15 is 0 Å². The molecule has 0 unspecified atom stereocenters. The van der Waals surface area contributed by atoms with E-state index < -0.39 is 10.3 Å². The molecule has 0 aromatic heterocycles. The van der Waals surface area contributed by atoms with Gasteiger partial charge in [0.1, 0.15) is 11.6 Å². The van der Waals surface area contributed by atoms with Gasteiger partial charge in [-0.2, -0.15) is 8.42 Å². The molecule has 1 aliphatic heterocycles. The summed E-state index contributed by atoms with van der Waals surface area (Å²) in [6.45, 7) is 2.66. The predicted octanol–water partition coefficient (Wildman–Crippen LogP) is 4.55. The number of benzene rings is 2. The lowest BCUT2D eigenvalue weighted by molar-refractivity contribution is 0.222. The fourth-order valence-corrected chi connectivity index (χ4v) is 6.09. The van der Waals surface area contributed by atoms with Gasteiger partial charge in [-0.15, -0.1) is 0 Å². The van der Waals surface area contributed by atoms with Gasteiger partial charge in [0, 0.05) is 22.6 Å². The van der Waals surface area contributed by atoms with Crippen LogP contribution in [0.15, 0.2) is 58.0 Å². The van der Waals surface area contributed by atoms with Gasteiger partial charge >= 0.3 is 10.3 Å². The molecule has 172 valence electrons. The van der Waals surface area contributed by atoms with Crippen molar-refractivity contribution in [3.05, 3.63) is 64.1 Å². The van der Waals surface area contributed by atoms with Crippen molar-refractivity contribution in [2.75, 3.05) is 6.54 Å². The summed E-state index contributed by atoms with van der Waals surface area (Å²) in [6.07, 6.45) is 3.44. The zero-order chi connectivity index (χ0) is 22.9. The molecule has 3 atom stereocenters. The number of aliphatic imine (C=N–C) groups is 1. The largest absolute Gasteiger partial charge is 0.508 e.